The van der Waals surface area contributed by atoms with Crippen LogP contribution in [0, 0.1) is 12.7 Å². The Bertz CT molecular complexity index is 930. The van der Waals surface area contributed by atoms with Gasteiger partial charge in [0.05, 0.1) is 5.02 Å². The Morgan fingerprint density at radius 2 is 1.69 bits per heavy atom. The maximum absolute atomic E-state index is 13.7. The van der Waals surface area contributed by atoms with Crippen LogP contribution in [0.4, 0.5) is 4.39 Å². The molecule has 0 aromatic heterocycles. The zero-order valence-corrected chi connectivity index (χ0v) is 17.6. The third-order valence-corrected chi connectivity index (χ3v) is 5.37. The van der Waals surface area contributed by atoms with Crippen LogP contribution in [-0.4, -0.2) is 53.9 Å². The Morgan fingerprint density at radius 1 is 1.03 bits per heavy atom. The van der Waals surface area contributed by atoms with E-state index in [4.69, 9.17) is 27.9 Å². The first-order valence-electron chi connectivity index (χ1n) is 9.22. The van der Waals surface area contributed by atoms with Gasteiger partial charge in [-0.05, 0) is 49.7 Å². The van der Waals surface area contributed by atoms with Crippen molar-refractivity contribution in [3.8, 4) is 5.75 Å². The fourth-order valence-electron chi connectivity index (χ4n) is 3.11. The minimum absolute atomic E-state index is 0.190. The molecule has 8 heteroatoms. The summed E-state index contributed by atoms with van der Waals surface area (Å²) in [4.78, 5) is 28.5. The number of nitrogens with zero attached hydrogens (tertiary/aromatic N) is 2. The fraction of sp³-hybridized carbons (Fsp3) is 0.333. The number of rotatable bonds is 4. The summed E-state index contributed by atoms with van der Waals surface area (Å²) >= 11 is 12.0. The van der Waals surface area contributed by atoms with Crippen LogP contribution in [0.3, 0.4) is 0 Å². The fourth-order valence-corrected chi connectivity index (χ4v) is 3.56. The molecule has 2 aromatic carbocycles. The molecule has 0 radical (unpaired) electrons. The molecular weight excluding hydrogens is 418 g/mol. The van der Waals surface area contributed by atoms with Crippen molar-refractivity contribution < 1.29 is 18.7 Å². The molecule has 0 bridgehead atoms. The van der Waals surface area contributed by atoms with Crippen molar-refractivity contribution in [2.45, 2.75) is 20.0 Å². The first kappa shape index (κ1) is 21.4. The van der Waals surface area contributed by atoms with Crippen LogP contribution in [0.25, 0.3) is 0 Å². The highest BCUT2D eigenvalue weighted by atomic mass is 35.5. The van der Waals surface area contributed by atoms with Crippen LogP contribution < -0.4 is 4.74 Å². The molecule has 2 amide bonds. The van der Waals surface area contributed by atoms with E-state index < -0.39 is 11.9 Å². The lowest BCUT2D eigenvalue weighted by Gasteiger charge is -2.36. The highest BCUT2D eigenvalue weighted by Gasteiger charge is 2.28. The molecule has 1 atom stereocenters. The number of benzene rings is 2. The molecule has 1 aliphatic heterocycles. The zero-order valence-electron chi connectivity index (χ0n) is 16.1. The highest BCUT2D eigenvalue weighted by Crippen LogP contribution is 2.28. The maximum Gasteiger partial charge on any atom is 0.263 e. The summed E-state index contributed by atoms with van der Waals surface area (Å²) < 4.78 is 19.4. The Kier molecular flexibility index (Phi) is 6.65. The molecule has 1 aliphatic rings. The lowest BCUT2D eigenvalue weighted by molar-refractivity contribution is -0.139. The number of carbonyl (C=O) groups excluding carboxylic acids is 2. The second-order valence-corrected chi connectivity index (χ2v) is 7.76. The van der Waals surface area contributed by atoms with Gasteiger partial charge in [-0.25, -0.2) is 4.39 Å². The molecule has 3 rings (SSSR count). The highest BCUT2D eigenvalue weighted by molar-refractivity contribution is 6.35. The largest absolute Gasteiger partial charge is 0.479 e. The van der Waals surface area contributed by atoms with Crippen molar-refractivity contribution in [1.29, 1.82) is 0 Å². The third-order valence-electron chi connectivity index (χ3n) is 4.84. The van der Waals surface area contributed by atoms with Gasteiger partial charge in [-0.15, -0.1) is 0 Å². The predicted molar refractivity (Wildman–Crippen MR) is 110 cm³/mol. The van der Waals surface area contributed by atoms with E-state index in [1.807, 2.05) is 0 Å². The van der Waals surface area contributed by atoms with Crippen LogP contribution in [0.15, 0.2) is 36.4 Å². The SMILES string of the molecule is Cc1ccc(C(=O)N2CCN(C(=O)C(C)Oc3ccc(Cl)cc3Cl)CC2)cc1F. The van der Waals surface area contributed by atoms with Crippen LogP contribution in [-0.2, 0) is 4.79 Å². The number of halogens is 3. The minimum atomic E-state index is -0.734. The Morgan fingerprint density at radius 3 is 2.31 bits per heavy atom. The normalized spacial score (nSPS) is 15.2. The molecule has 0 saturated carbocycles. The number of carbonyl (C=O) groups is 2. The molecule has 1 unspecified atom stereocenters. The molecule has 0 aliphatic carbocycles. The summed E-state index contributed by atoms with van der Waals surface area (Å²) in [6.07, 6.45) is -0.734. The van der Waals surface area contributed by atoms with Crippen molar-refractivity contribution in [3.05, 3.63) is 63.4 Å². The van der Waals surface area contributed by atoms with Gasteiger partial charge < -0.3 is 14.5 Å². The first-order chi connectivity index (χ1) is 13.8. The van der Waals surface area contributed by atoms with E-state index in [0.717, 1.165) is 0 Å². The summed E-state index contributed by atoms with van der Waals surface area (Å²) in [7, 11) is 0. The molecule has 1 heterocycles. The smallest absolute Gasteiger partial charge is 0.263 e. The van der Waals surface area contributed by atoms with Crippen molar-refractivity contribution in [2.75, 3.05) is 26.2 Å². The number of hydrogen-bond acceptors (Lipinski definition) is 3. The maximum atomic E-state index is 13.7. The molecule has 0 N–H and O–H groups in total. The molecule has 0 spiro atoms. The van der Waals surface area contributed by atoms with Crippen LogP contribution in [0.2, 0.25) is 10.0 Å². The standard InChI is InChI=1S/C21H21Cl2FN2O3/c1-13-3-4-15(11-18(13)24)21(28)26-9-7-25(8-10-26)20(27)14(2)29-19-6-5-16(22)12-17(19)23/h3-6,11-12,14H,7-10H2,1-2H3. The van der Waals surface area contributed by atoms with E-state index in [2.05, 4.69) is 0 Å². The number of amides is 2. The molecule has 5 nitrogen and oxygen atoms in total. The van der Waals surface area contributed by atoms with Crippen molar-refractivity contribution in [1.82, 2.24) is 9.80 Å². The topological polar surface area (TPSA) is 49.9 Å². The Labute approximate surface area is 178 Å². The lowest BCUT2D eigenvalue weighted by Crippen LogP contribution is -2.53. The summed E-state index contributed by atoms with van der Waals surface area (Å²) in [5.41, 5.74) is 0.800. The number of piperazine rings is 1. The van der Waals surface area contributed by atoms with Crippen molar-refractivity contribution >= 4 is 35.0 Å². The Balaban J connectivity index is 1.57. The number of ether oxygens (including phenoxy) is 1. The lowest BCUT2D eigenvalue weighted by atomic mass is 10.1. The Hall–Kier alpha value is -2.31. The van der Waals surface area contributed by atoms with Crippen molar-refractivity contribution in [3.63, 3.8) is 0 Å². The molecular formula is C21H21Cl2FN2O3. The number of hydrogen-bond donors (Lipinski definition) is 0. The second-order valence-electron chi connectivity index (χ2n) is 6.92. The summed E-state index contributed by atoms with van der Waals surface area (Å²) in [6, 6.07) is 9.26. The van der Waals surface area contributed by atoms with Gasteiger partial charge in [0.1, 0.15) is 11.6 Å². The summed E-state index contributed by atoms with van der Waals surface area (Å²) in [6.45, 7) is 4.79. The van der Waals surface area contributed by atoms with Gasteiger partial charge in [-0.3, -0.25) is 9.59 Å². The zero-order chi connectivity index (χ0) is 21.1. The molecule has 1 saturated heterocycles. The van der Waals surface area contributed by atoms with Crippen LogP contribution in [0.1, 0.15) is 22.8 Å². The van der Waals surface area contributed by atoms with Gasteiger partial charge in [0.25, 0.3) is 11.8 Å². The van der Waals surface area contributed by atoms with Gasteiger partial charge >= 0.3 is 0 Å². The van der Waals surface area contributed by atoms with Gasteiger partial charge in [-0.2, -0.15) is 0 Å². The van der Waals surface area contributed by atoms with Crippen molar-refractivity contribution in [2.24, 2.45) is 0 Å². The minimum Gasteiger partial charge on any atom is -0.479 e. The van der Waals surface area contributed by atoms with E-state index >= 15 is 0 Å². The summed E-state index contributed by atoms with van der Waals surface area (Å²) in [5.74, 6) is -0.457. The monoisotopic (exact) mass is 438 g/mol. The molecule has 154 valence electrons. The number of aryl methyl sites for hydroxylation is 1. The van der Waals surface area contributed by atoms with E-state index in [9.17, 15) is 14.0 Å². The van der Waals surface area contributed by atoms with Crippen LogP contribution in [0.5, 0.6) is 5.75 Å². The average molecular weight is 439 g/mol. The van der Waals surface area contributed by atoms with Gasteiger partial charge in [0.2, 0.25) is 0 Å². The third kappa shape index (κ3) is 5.00. The first-order valence-corrected chi connectivity index (χ1v) is 9.98. The van der Waals surface area contributed by atoms with Gasteiger partial charge in [0, 0.05) is 36.8 Å². The van der Waals surface area contributed by atoms with Gasteiger partial charge in [-0.1, -0.05) is 29.3 Å². The predicted octanol–water partition coefficient (Wildman–Crippen LogP) is 4.19. The molecule has 29 heavy (non-hydrogen) atoms. The van der Waals surface area contributed by atoms with Crippen LogP contribution >= 0.6 is 23.2 Å². The quantitative estimate of drug-likeness (QED) is 0.718. The second kappa shape index (κ2) is 9.01. The van der Waals surface area contributed by atoms with E-state index in [1.54, 1.807) is 54.0 Å². The summed E-state index contributed by atoms with van der Waals surface area (Å²) in [5, 5.41) is 0.813. The van der Waals surface area contributed by atoms with E-state index in [-0.39, 0.29) is 11.8 Å². The van der Waals surface area contributed by atoms with E-state index in [0.29, 0.717) is 53.1 Å². The molecule has 2 aromatic rings. The van der Waals surface area contributed by atoms with E-state index in [1.165, 1.54) is 6.07 Å². The van der Waals surface area contributed by atoms with Gasteiger partial charge in [0.15, 0.2) is 6.10 Å². The average Bonchev–Trinajstić information content (AvgIpc) is 2.71. The molecule has 1 fully saturated rings.